The van der Waals surface area contributed by atoms with Gasteiger partial charge in [0.05, 0.1) is 0 Å². The van der Waals surface area contributed by atoms with Crippen molar-refractivity contribution in [3.05, 3.63) is 72.6 Å². The summed E-state index contributed by atoms with van der Waals surface area (Å²) in [6.07, 6.45) is 0. The quantitative estimate of drug-likeness (QED) is 0.755. The molecular formula is C14H13ClCo2O-2. The third-order valence-electron chi connectivity index (χ3n) is 2.01. The molecule has 1 nitrogen and oxygen atoms in total. The molecule has 0 amide bonds. The monoisotopic (exact) mass is 350 g/mol. The van der Waals surface area contributed by atoms with Crippen LogP contribution in [0.3, 0.4) is 0 Å². The molecule has 0 aliphatic carbocycles. The molecule has 0 saturated carbocycles. The minimum absolute atomic E-state index is 0. The summed E-state index contributed by atoms with van der Waals surface area (Å²) in [7, 11) is 0. The first-order chi connectivity index (χ1) is 7.36. The molecular weight excluding hydrogens is 337 g/mol. The molecule has 2 aromatic carbocycles. The fourth-order valence-corrected chi connectivity index (χ4v) is 1.43. The van der Waals surface area contributed by atoms with Crippen LogP contribution >= 0.6 is 11.6 Å². The van der Waals surface area contributed by atoms with Crippen molar-refractivity contribution in [2.75, 3.05) is 0 Å². The van der Waals surface area contributed by atoms with Gasteiger partial charge in [-0.2, -0.15) is 29.8 Å². The Balaban J connectivity index is 0. The van der Waals surface area contributed by atoms with Gasteiger partial charge in [0, 0.05) is 39.3 Å². The number of hydrogen-bond acceptors (Lipinski definition) is 1. The Labute approximate surface area is 134 Å². The predicted molar refractivity (Wildman–Crippen MR) is 67.5 cm³/mol. The van der Waals surface area contributed by atoms with E-state index in [0.717, 1.165) is 5.56 Å². The van der Waals surface area contributed by atoms with Gasteiger partial charge < -0.3 is 12.2 Å². The van der Waals surface area contributed by atoms with E-state index in [2.05, 4.69) is 6.07 Å². The van der Waals surface area contributed by atoms with Crippen molar-refractivity contribution in [3.8, 4) is 5.75 Å². The summed E-state index contributed by atoms with van der Waals surface area (Å²) < 4.78 is 5.57. The van der Waals surface area contributed by atoms with Gasteiger partial charge in [-0.25, -0.2) is 0 Å². The molecule has 0 spiro atoms. The maximum Gasteiger partial charge on any atom is 0.110 e. The van der Waals surface area contributed by atoms with Gasteiger partial charge >= 0.3 is 0 Å². The minimum atomic E-state index is 0. The fraction of sp³-hybridized carbons (Fsp3) is 0.0714. The summed E-state index contributed by atoms with van der Waals surface area (Å²) in [4.78, 5) is 0. The smallest absolute Gasteiger partial charge is 0.110 e. The molecule has 4 heteroatoms. The Hall–Kier alpha value is -0.457. The van der Waals surface area contributed by atoms with Gasteiger partial charge in [-0.15, -0.1) is 6.07 Å². The molecule has 0 atom stereocenters. The SMILES string of the molecule is Clc1c[c-]ccc1OCc1ccccc1.[CH3-].[Co].[Co]. The second-order valence-corrected chi connectivity index (χ2v) is 3.54. The average Bonchev–Trinajstić information content (AvgIpc) is 2.29. The van der Waals surface area contributed by atoms with E-state index in [1.54, 1.807) is 12.1 Å². The van der Waals surface area contributed by atoms with E-state index in [1.165, 1.54) is 0 Å². The molecule has 0 aromatic heterocycles. The zero-order chi connectivity index (χ0) is 10.5. The summed E-state index contributed by atoms with van der Waals surface area (Å²) in [5.41, 5.74) is 1.13. The van der Waals surface area contributed by atoms with Crippen LogP contribution in [0.5, 0.6) is 5.75 Å². The molecule has 0 fully saturated rings. The average molecular weight is 351 g/mol. The van der Waals surface area contributed by atoms with Crippen molar-refractivity contribution in [2.45, 2.75) is 6.61 Å². The van der Waals surface area contributed by atoms with Crippen molar-refractivity contribution in [1.82, 2.24) is 0 Å². The first-order valence-electron chi connectivity index (χ1n) is 4.68. The molecule has 0 saturated heterocycles. The van der Waals surface area contributed by atoms with E-state index < -0.39 is 0 Å². The van der Waals surface area contributed by atoms with E-state index in [1.807, 2.05) is 36.4 Å². The topological polar surface area (TPSA) is 9.23 Å². The first-order valence-corrected chi connectivity index (χ1v) is 5.06. The zero-order valence-corrected chi connectivity index (χ0v) is 12.6. The van der Waals surface area contributed by atoms with Crippen LogP contribution in [-0.4, -0.2) is 0 Å². The van der Waals surface area contributed by atoms with Gasteiger partial charge in [-0.3, -0.25) is 0 Å². The van der Waals surface area contributed by atoms with E-state index >= 15 is 0 Å². The summed E-state index contributed by atoms with van der Waals surface area (Å²) in [5.74, 6) is 0.694. The summed E-state index contributed by atoms with van der Waals surface area (Å²) in [5, 5.41) is 0.591. The molecule has 2 radical (unpaired) electrons. The van der Waals surface area contributed by atoms with Crippen molar-refractivity contribution >= 4 is 11.6 Å². The standard InChI is InChI=1S/C13H10ClO.CH3.2Co/c14-12-8-4-5-9-13(12)15-10-11-6-2-1-3-7-11;;;/h1-3,5-9H,10H2;1H3;;/q2*-1;;. The Kier molecular flexibility index (Phi) is 11.6. The summed E-state index contributed by atoms with van der Waals surface area (Å²) in [6.45, 7) is 0.532. The van der Waals surface area contributed by atoms with Crippen molar-refractivity contribution in [1.29, 1.82) is 0 Å². The Morgan fingerprint density at radius 1 is 1.06 bits per heavy atom. The van der Waals surface area contributed by atoms with Crippen LogP contribution in [-0.2, 0) is 40.2 Å². The molecule has 0 bridgehead atoms. The normalized spacial score (nSPS) is 8.28. The molecule has 0 heterocycles. The molecule has 0 aliphatic rings. The second kappa shape index (κ2) is 10.5. The first kappa shape index (κ1) is 19.9. The third kappa shape index (κ3) is 5.93. The molecule has 2 rings (SSSR count). The second-order valence-electron chi connectivity index (χ2n) is 3.13. The van der Waals surface area contributed by atoms with Gasteiger partial charge in [0.1, 0.15) is 6.61 Å². The van der Waals surface area contributed by atoms with Crippen LogP contribution in [0, 0.1) is 13.5 Å². The summed E-state index contributed by atoms with van der Waals surface area (Å²) in [6, 6.07) is 18.2. The van der Waals surface area contributed by atoms with E-state index in [-0.39, 0.29) is 41.0 Å². The number of ether oxygens (including phenoxy) is 1. The van der Waals surface area contributed by atoms with Crippen molar-refractivity contribution < 1.29 is 38.3 Å². The predicted octanol–water partition coefficient (Wildman–Crippen LogP) is 4.16. The zero-order valence-electron chi connectivity index (χ0n) is 9.78. The van der Waals surface area contributed by atoms with Crippen LogP contribution < -0.4 is 4.74 Å². The molecule has 102 valence electrons. The van der Waals surface area contributed by atoms with E-state index in [4.69, 9.17) is 16.3 Å². The molecule has 18 heavy (non-hydrogen) atoms. The molecule has 2 aromatic rings. The van der Waals surface area contributed by atoms with Gasteiger partial charge in [0.25, 0.3) is 0 Å². The molecule has 0 N–H and O–H groups in total. The van der Waals surface area contributed by atoms with Crippen LogP contribution in [0.25, 0.3) is 0 Å². The number of hydrogen-bond donors (Lipinski definition) is 0. The van der Waals surface area contributed by atoms with Crippen LogP contribution in [0.1, 0.15) is 5.56 Å². The molecule has 0 aliphatic heterocycles. The maximum absolute atomic E-state index is 5.93. The Morgan fingerprint density at radius 2 is 1.72 bits per heavy atom. The minimum Gasteiger partial charge on any atom is -0.513 e. The van der Waals surface area contributed by atoms with Crippen LogP contribution in [0.15, 0.2) is 48.5 Å². The Bertz CT molecular complexity index is 435. The van der Waals surface area contributed by atoms with Gasteiger partial charge in [-0.1, -0.05) is 30.3 Å². The largest absolute Gasteiger partial charge is 0.513 e. The fourth-order valence-electron chi connectivity index (χ4n) is 1.25. The van der Waals surface area contributed by atoms with E-state index in [0.29, 0.717) is 17.4 Å². The summed E-state index contributed by atoms with van der Waals surface area (Å²) >= 11 is 5.93. The van der Waals surface area contributed by atoms with Gasteiger partial charge in [0.15, 0.2) is 0 Å². The third-order valence-corrected chi connectivity index (χ3v) is 2.31. The van der Waals surface area contributed by atoms with Gasteiger partial charge in [-0.05, 0) is 10.6 Å². The molecule has 0 unspecified atom stereocenters. The maximum atomic E-state index is 5.93. The Morgan fingerprint density at radius 3 is 2.33 bits per heavy atom. The number of rotatable bonds is 3. The number of halogens is 1. The van der Waals surface area contributed by atoms with Crippen molar-refractivity contribution in [2.24, 2.45) is 0 Å². The van der Waals surface area contributed by atoms with Crippen LogP contribution in [0.4, 0.5) is 0 Å². The van der Waals surface area contributed by atoms with E-state index in [9.17, 15) is 0 Å². The van der Waals surface area contributed by atoms with Gasteiger partial charge in [0.2, 0.25) is 0 Å². The van der Waals surface area contributed by atoms with Crippen molar-refractivity contribution in [3.63, 3.8) is 0 Å². The van der Waals surface area contributed by atoms with Crippen LogP contribution in [0.2, 0.25) is 5.02 Å². The number of benzene rings is 2.